The Labute approximate surface area is 95.5 Å². The zero-order valence-electron chi connectivity index (χ0n) is 9.73. The summed E-state index contributed by atoms with van der Waals surface area (Å²) in [5.41, 5.74) is 3.19. The second-order valence-electron chi connectivity index (χ2n) is 3.86. The SMILES string of the molecule is CCc1ccc2ccc(C=O)cc2[n+]1CC. The first-order valence-corrected chi connectivity index (χ1v) is 5.70. The van der Waals surface area contributed by atoms with Gasteiger partial charge in [0.15, 0.2) is 5.69 Å². The van der Waals surface area contributed by atoms with Gasteiger partial charge in [0.2, 0.25) is 5.52 Å². The van der Waals surface area contributed by atoms with Crippen LogP contribution in [0.5, 0.6) is 0 Å². The van der Waals surface area contributed by atoms with Crippen LogP contribution < -0.4 is 4.57 Å². The lowest BCUT2D eigenvalue weighted by Crippen LogP contribution is -2.37. The largest absolute Gasteiger partial charge is 0.298 e. The molecule has 0 aliphatic heterocycles. The van der Waals surface area contributed by atoms with Crippen molar-refractivity contribution in [1.29, 1.82) is 0 Å². The molecular weight excluding hydrogens is 198 g/mol. The van der Waals surface area contributed by atoms with Gasteiger partial charge in [-0.05, 0) is 19.1 Å². The molecular formula is C14H16NO+. The quantitative estimate of drug-likeness (QED) is 0.568. The lowest BCUT2D eigenvalue weighted by molar-refractivity contribution is -0.675. The highest BCUT2D eigenvalue weighted by Crippen LogP contribution is 2.13. The van der Waals surface area contributed by atoms with Gasteiger partial charge in [-0.25, -0.2) is 0 Å². The Morgan fingerprint density at radius 2 is 1.94 bits per heavy atom. The smallest absolute Gasteiger partial charge is 0.213 e. The number of nitrogens with zero attached hydrogens (tertiary/aromatic N) is 1. The zero-order chi connectivity index (χ0) is 11.5. The number of carbonyl (C=O) groups excluding carboxylic acids is 1. The van der Waals surface area contributed by atoms with E-state index in [0.29, 0.717) is 0 Å². The van der Waals surface area contributed by atoms with Gasteiger partial charge in [0.05, 0.1) is 0 Å². The Morgan fingerprint density at radius 1 is 1.19 bits per heavy atom. The summed E-state index contributed by atoms with van der Waals surface area (Å²) in [4.78, 5) is 10.8. The van der Waals surface area contributed by atoms with Gasteiger partial charge >= 0.3 is 0 Å². The number of rotatable bonds is 3. The van der Waals surface area contributed by atoms with Crippen LogP contribution in [0.2, 0.25) is 0 Å². The number of aldehydes is 1. The van der Waals surface area contributed by atoms with Gasteiger partial charge in [0.25, 0.3) is 0 Å². The first-order valence-electron chi connectivity index (χ1n) is 5.70. The number of hydrogen-bond donors (Lipinski definition) is 0. The molecule has 0 spiro atoms. The van der Waals surface area contributed by atoms with Gasteiger partial charge in [-0.2, -0.15) is 4.57 Å². The summed E-state index contributed by atoms with van der Waals surface area (Å²) < 4.78 is 2.27. The maximum absolute atomic E-state index is 10.8. The number of hydrogen-bond acceptors (Lipinski definition) is 1. The molecule has 2 aromatic rings. The standard InChI is InChI=1S/C14H16NO/c1-3-13-8-7-12-6-5-11(10-16)9-14(12)15(13)4-2/h5-10H,3-4H2,1-2H3/q+1. The molecule has 1 heterocycles. The summed E-state index contributed by atoms with van der Waals surface area (Å²) in [6.45, 7) is 5.21. The molecule has 16 heavy (non-hydrogen) atoms. The topological polar surface area (TPSA) is 20.9 Å². The van der Waals surface area contributed by atoms with E-state index in [-0.39, 0.29) is 0 Å². The highest BCUT2D eigenvalue weighted by molar-refractivity contribution is 5.84. The molecule has 0 atom stereocenters. The fourth-order valence-electron chi connectivity index (χ4n) is 2.12. The molecule has 0 amide bonds. The van der Waals surface area contributed by atoms with Crippen LogP contribution in [-0.4, -0.2) is 6.29 Å². The zero-order valence-corrected chi connectivity index (χ0v) is 9.73. The third-order valence-electron chi connectivity index (χ3n) is 2.96. The van der Waals surface area contributed by atoms with Crippen molar-refractivity contribution in [1.82, 2.24) is 0 Å². The minimum Gasteiger partial charge on any atom is -0.298 e. The summed E-state index contributed by atoms with van der Waals surface area (Å²) in [5.74, 6) is 0. The molecule has 0 N–H and O–H groups in total. The van der Waals surface area contributed by atoms with Crippen LogP contribution in [0.3, 0.4) is 0 Å². The van der Waals surface area contributed by atoms with Crippen molar-refractivity contribution in [3.63, 3.8) is 0 Å². The van der Waals surface area contributed by atoms with Crippen LogP contribution in [0.25, 0.3) is 10.9 Å². The number of carbonyl (C=O) groups is 1. The van der Waals surface area contributed by atoms with E-state index in [1.165, 1.54) is 11.1 Å². The minimum atomic E-state index is 0.739. The summed E-state index contributed by atoms with van der Waals surface area (Å²) in [6, 6.07) is 10.1. The van der Waals surface area contributed by atoms with Gasteiger partial charge in [0, 0.05) is 29.5 Å². The monoisotopic (exact) mass is 214 g/mol. The highest BCUT2D eigenvalue weighted by Gasteiger charge is 2.12. The minimum absolute atomic E-state index is 0.739. The van der Waals surface area contributed by atoms with Crippen LogP contribution in [0, 0.1) is 0 Å². The second-order valence-corrected chi connectivity index (χ2v) is 3.86. The van der Waals surface area contributed by atoms with Crippen LogP contribution in [0.1, 0.15) is 29.9 Å². The van der Waals surface area contributed by atoms with E-state index < -0.39 is 0 Å². The van der Waals surface area contributed by atoms with Crippen LogP contribution in [0.4, 0.5) is 0 Å². The maximum Gasteiger partial charge on any atom is 0.213 e. The van der Waals surface area contributed by atoms with E-state index in [4.69, 9.17) is 0 Å². The number of benzene rings is 1. The lowest BCUT2D eigenvalue weighted by Gasteiger charge is -2.04. The Balaban J connectivity index is 2.77. The van der Waals surface area contributed by atoms with Crippen molar-refractivity contribution >= 4 is 17.2 Å². The summed E-state index contributed by atoms with van der Waals surface area (Å²) in [7, 11) is 0. The predicted octanol–water partition coefficient (Wildman–Crippen LogP) is 2.52. The van der Waals surface area contributed by atoms with Gasteiger partial charge < -0.3 is 0 Å². The molecule has 1 aromatic heterocycles. The summed E-state index contributed by atoms with van der Waals surface area (Å²) in [6.07, 6.45) is 1.91. The van der Waals surface area contributed by atoms with Gasteiger partial charge in [-0.1, -0.05) is 13.0 Å². The van der Waals surface area contributed by atoms with E-state index >= 15 is 0 Å². The number of aryl methyl sites for hydroxylation is 2. The van der Waals surface area contributed by atoms with E-state index in [0.717, 1.165) is 30.3 Å². The number of fused-ring (bicyclic) bond motifs is 1. The summed E-state index contributed by atoms with van der Waals surface area (Å²) >= 11 is 0. The molecule has 0 fully saturated rings. The molecule has 0 aliphatic rings. The van der Waals surface area contributed by atoms with E-state index in [9.17, 15) is 4.79 Å². The molecule has 0 aliphatic carbocycles. The molecule has 0 unspecified atom stereocenters. The van der Waals surface area contributed by atoms with Crippen LogP contribution in [0.15, 0.2) is 30.3 Å². The third kappa shape index (κ3) is 1.71. The molecule has 2 nitrogen and oxygen atoms in total. The summed E-state index contributed by atoms with van der Waals surface area (Å²) in [5, 5.41) is 1.18. The molecule has 2 heteroatoms. The Kier molecular flexibility index (Phi) is 3.00. The number of aromatic nitrogens is 1. The van der Waals surface area contributed by atoms with Crippen LogP contribution in [-0.2, 0) is 13.0 Å². The molecule has 82 valence electrons. The molecule has 2 rings (SSSR count). The van der Waals surface area contributed by atoms with E-state index in [1.807, 2.05) is 18.2 Å². The fraction of sp³-hybridized carbons (Fsp3) is 0.286. The highest BCUT2D eigenvalue weighted by atomic mass is 16.1. The van der Waals surface area contributed by atoms with Gasteiger partial charge in [0.1, 0.15) is 12.8 Å². The maximum atomic E-state index is 10.8. The van der Waals surface area contributed by atoms with Crippen molar-refractivity contribution in [2.45, 2.75) is 26.8 Å². The van der Waals surface area contributed by atoms with Crippen molar-refractivity contribution in [2.24, 2.45) is 0 Å². The Hall–Kier alpha value is -1.70. The van der Waals surface area contributed by atoms with E-state index in [2.05, 4.69) is 30.5 Å². The van der Waals surface area contributed by atoms with Gasteiger partial charge in [-0.15, -0.1) is 0 Å². The first kappa shape index (κ1) is 10.8. The Bertz CT molecular complexity index is 531. The molecule has 0 radical (unpaired) electrons. The number of pyridine rings is 1. The second kappa shape index (κ2) is 4.44. The first-order chi connectivity index (χ1) is 7.80. The Morgan fingerprint density at radius 3 is 2.56 bits per heavy atom. The molecule has 1 aromatic carbocycles. The van der Waals surface area contributed by atoms with Gasteiger partial charge in [-0.3, -0.25) is 4.79 Å². The normalized spacial score (nSPS) is 10.6. The van der Waals surface area contributed by atoms with Crippen molar-refractivity contribution < 1.29 is 9.36 Å². The van der Waals surface area contributed by atoms with Crippen LogP contribution >= 0.6 is 0 Å². The van der Waals surface area contributed by atoms with Crippen molar-refractivity contribution in [3.8, 4) is 0 Å². The third-order valence-corrected chi connectivity index (χ3v) is 2.96. The molecule has 0 bridgehead atoms. The molecule has 0 saturated carbocycles. The molecule has 0 saturated heterocycles. The fourth-order valence-corrected chi connectivity index (χ4v) is 2.12. The van der Waals surface area contributed by atoms with Crippen molar-refractivity contribution in [3.05, 3.63) is 41.6 Å². The van der Waals surface area contributed by atoms with Crippen molar-refractivity contribution in [2.75, 3.05) is 0 Å². The average molecular weight is 214 g/mol. The van der Waals surface area contributed by atoms with E-state index in [1.54, 1.807) is 0 Å². The average Bonchev–Trinajstić information content (AvgIpc) is 2.36. The lowest BCUT2D eigenvalue weighted by atomic mass is 10.1. The predicted molar refractivity (Wildman–Crippen MR) is 64.6 cm³/mol.